The summed E-state index contributed by atoms with van der Waals surface area (Å²) in [5.41, 5.74) is 7.24. The van der Waals surface area contributed by atoms with Crippen LogP contribution in [0.25, 0.3) is 5.57 Å². The van der Waals surface area contributed by atoms with E-state index in [1.54, 1.807) is 17.7 Å². The lowest BCUT2D eigenvalue weighted by molar-refractivity contribution is 0.0697. The van der Waals surface area contributed by atoms with Gasteiger partial charge in [-0.15, -0.1) is 0 Å². The van der Waals surface area contributed by atoms with E-state index in [-0.39, 0.29) is 0 Å². The topological polar surface area (TPSA) is 37.3 Å². The van der Waals surface area contributed by atoms with Gasteiger partial charge in [0.25, 0.3) is 0 Å². The Kier molecular flexibility index (Phi) is 3.31. The first kappa shape index (κ1) is 12.9. The predicted molar refractivity (Wildman–Crippen MR) is 80.6 cm³/mol. The van der Waals surface area contributed by atoms with E-state index in [9.17, 15) is 4.79 Å². The third kappa shape index (κ3) is 2.34. The van der Waals surface area contributed by atoms with Crippen molar-refractivity contribution in [2.24, 2.45) is 0 Å². The Labute approximate surface area is 119 Å². The fourth-order valence-corrected chi connectivity index (χ4v) is 2.95. The second kappa shape index (κ2) is 5.12. The van der Waals surface area contributed by atoms with Gasteiger partial charge in [-0.3, -0.25) is 0 Å². The van der Waals surface area contributed by atoms with Gasteiger partial charge >= 0.3 is 5.97 Å². The third-order valence-electron chi connectivity index (χ3n) is 4.19. The number of carbonyl (C=O) groups is 1. The van der Waals surface area contributed by atoms with Crippen LogP contribution in [0.4, 0.5) is 0 Å². The molecule has 102 valence electrons. The summed E-state index contributed by atoms with van der Waals surface area (Å²) in [6.45, 7) is 2.21. The SMILES string of the molecule is CCC1=CC2=C(C=C(c3ccc(C(=O)O)cc3)C2)CC1. The molecule has 0 fully saturated rings. The van der Waals surface area contributed by atoms with E-state index in [0.717, 1.165) is 24.8 Å². The number of aromatic carboxylic acids is 1. The van der Waals surface area contributed by atoms with Crippen LogP contribution in [0.3, 0.4) is 0 Å². The number of allylic oxidation sites excluding steroid dienone is 6. The van der Waals surface area contributed by atoms with Gasteiger partial charge in [0.05, 0.1) is 5.56 Å². The van der Waals surface area contributed by atoms with Gasteiger partial charge in [-0.05, 0) is 60.1 Å². The molecule has 0 atom stereocenters. The number of carboxylic acid groups (broad SMARTS) is 1. The summed E-state index contributed by atoms with van der Waals surface area (Å²) in [5.74, 6) is -0.870. The number of hydrogen-bond donors (Lipinski definition) is 1. The summed E-state index contributed by atoms with van der Waals surface area (Å²) < 4.78 is 0. The van der Waals surface area contributed by atoms with E-state index in [0.29, 0.717) is 5.56 Å². The standard InChI is InChI=1S/C18H18O2/c1-2-12-3-4-15-10-17(11-16(15)9-12)13-5-7-14(8-6-13)18(19)20/h5-10H,2-4,11H2,1H3,(H,19,20). The lowest BCUT2D eigenvalue weighted by atomic mass is 9.92. The van der Waals surface area contributed by atoms with Crippen LogP contribution in [0.15, 0.2) is 53.1 Å². The van der Waals surface area contributed by atoms with Crippen LogP contribution in [0.1, 0.15) is 48.5 Å². The van der Waals surface area contributed by atoms with Crippen LogP contribution in [-0.2, 0) is 0 Å². The minimum absolute atomic E-state index is 0.346. The summed E-state index contributed by atoms with van der Waals surface area (Å²) >= 11 is 0. The van der Waals surface area contributed by atoms with Crippen LogP contribution >= 0.6 is 0 Å². The maximum absolute atomic E-state index is 10.9. The van der Waals surface area contributed by atoms with Gasteiger partial charge in [0.1, 0.15) is 0 Å². The molecule has 1 aromatic rings. The highest BCUT2D eigenvalue weighted by atomic mass is 16.4. The number of benzene rings is 1. The van der Waals surface area contributed by atoms with Gasteiger partial charge < -0.3 is 5.11 Å². The second-order valence-corrected chi connectivity index (χ2v) is 5.44. The molecule has 0 spiro atoms. The van der Waals surface area contributed by atoms with E-state index in [1.165, 1.54) is 23.1 Å². The van der Waals surface area contributed by atoms with Crippen molar-refractivity contribution < 1.29 is 9.90 Å². The Bertz CT molecular complexity index is 643. The van der Waals surface area contributed by atoms with Gasteiger partial charge in [0.15, 0.2) is 0 Å². The molecule has 1 N–H and O–H groups in total. The van der Waals surface area contributed by atoms with E-state index >= 15 is 0 Å². The molecule has 0 radical (unpaired) electrons. The first-order valence-corrected chi connectivity index (χ1v) is 7.13. The zero-order valence-corrected chi connectivity index (χ0v) is 11.6. The Hall–Kier alpha value is -2.09. The number of hydrogen-bond acceptors (Lipinski definition) is 1. The molecule has 1 aromatic carbocycles. The van der Waals surface area contributed by atoms with Crippen LogP contribution in [-0.4, -0.2) is 11.1 Å². The fraction of sp³-hybridized carbons (Fsp3) is 0.278. The lowest BCUT2D eigenvalue weighted by Crippen LogP contribution is -1.95. The van der Waals surface area contributed by atoms with Gasteiger partial charge in [0, 0.05) is 0 Å². The van der Waals surface area contributed by atoms with Crippen LogP contribution in [0, 0.1) is 0 Å². The Morgan fingerprint density at radius 2 is 1.85 bits per heavy atom. The molecule has 0 aromatic heterocycles. The monoisotopic (exact) mass is 266 g/mol. The number of rotatable bonds is 3. The average Bonchev–Trinajstić information content (AvgIpc) is 2.90. The smallest absolute Gasteiger partial charge is 0.335 e. The van der Waals surface area contributed by atoms with Gasteiger partial charge in [0.2, 0.25) is 0 Å². The maximum Gasteiger partial charge on any atom is 0.335 e. The average molecular weight is 266 g/mol. The first-order chi connectivity index (χ1) is 9.67. The first-order valence-electron chi connectivity index (χ1n) is 7.13. The molecule has 3 rings (SSSR count). The molecule has 2 aliphatic carbocycles. The molecule has 0 aliphatic heterocycles. The molecule has 0 heterocycles. The Morgan fingerprint density at radius 1 is 1.10 bits per heavy atom. The molecule has 0 saturated heterocycles. The third-order valence-corrected chi connectivity index (χ3v) is 4.19. The molecule has 0 unspecified atom stereocenters. The normalized spacial score (nSPS) is 17.6. The molecule has 0 bridgehead atoms. The van der Waals surface area contributed by atoms with Crippen molar-refractivity contribution >= 4 is 11.5 Å². The highest BCUT2D eigenvalue weighted by molar-refractivity contribution is 5.88. The summed E-state index contributed by atoms with van der Waals surface area (Å²) in [6, 6.07) is 7.20. The molecule has 0 amide bonds. The minimum Gasteiger partial charge on any atom is -0.478 e. The van der Waals surface area contributed by atoms with E-state index in [4.69, 9.17) is 5.11 Å². The highest BCUT2D eigenvalue weighted by Gasteiger charge is 2.19. The molecular weight excluding hydrogens is 248 g/mol. The molecule has 2 heteroatoms. The van der Waals surface area contributed by atoms with Crippen molar-refractivity contribution in [1.29, 1.82) is 0 Å². The lowest BCUT2D eigenvalue weighted by Gasteiger charge is -2.13. The summed E-state index contributed by atoms with van der Waals surface area (Å²) in [6.07, 6.45) is 9.08. The fourth-order valence-electron chi connectivity index (χ4n) is 2.95. The van der Waals surface area contributed by atoms with Crippen molar-refractivity contribution in [3.8, 4) is 0 Å². The molecule has 20 heavy (non-hydrogen) atoms. The summed E-state index contributed by atoms with van der Waals surface area (Å²) in [5, 5.41) is 8.94. The van der Waals surface area contributed by atoms with Crippen LogP contribution in [0.5, 0.6) is 0 Å². The van der Waals surface area contributed by atoms with Gasteiger partial charge in [-0.2, -0.15) is 0 Å². The Balaban J connectivity index is 1.82. The van der Waals surface area contributed by atoms with Crippen molar-refractivity contribution in [3.05, 3.63) is 64.3 Å². The van der Waals surface area contributed by atoms with E-state index < -0.39 is 5.97 Å². The molecule has 0 saturated carbocycles. The second-order valence-electron chi connectivity index (χ2n) is 5.44. The maximum atomic E-state index is 10.9. The largest absolute Gasteiger partial charge is 0.478 e. The highest BCUT2D eigenvalue weighted by Crippen LogP contribution is 2.39. The van der Waals surface area contributed by atoms with Crippen LogP contribution < -0.4 is 0 Å². The quantitative estimate of drug-likeness (QED) is 0.868. The predicted octanol–water partition coefficient (Wildman–Crippen LogP) is 4.60. The molecule has 2 aliphatic rings. The van der Waals surface area contributed by atoms with Crippen molar-refractivity contribution in [3.63, 3.8) is 0 Å². The van der Waals surface area contributed by atoms with Crippen molar-refractivity contribution in [2.75, 3.05) is 0 Å². The minimum atomic E-state index is -0.870. The van der Waals surface area contributed by atoms with E-state index in [2.05, 4.69) is 19.1 Å². The zero-order chi connectivity index (χ0) is 14.1. The van der Waals surface area contributed by atoms with E-state index in [1.807, 2.05) is 12.1 Å². The Morgan fingerprint density at radius 3 is 2.50 bits per heavy atom. The molecule has 2 nitrogen and oxygen atoms in total. The summed E-state index contributed by atoms with van der Waals surface area (Å²) in [4.78, 5) is 10.9. The van der Waals surface area contributed by atoms with Crippen molar-refractivity contribution in [2.45, 2.75) is 32.6 Å². The summed E-state index contributed by atoms with van der Waals surface area (Å²) in [7, 11) is 0. The van der Waals surface area contributed by atoms with Crippen LogP contribution in [0.2, 0.25) is 0 Å². The van der Waals surface area contributed by atoms with Crippen molar-refractivity contribution in [1.82, 2.24) is 0 Å². The van der Waals surface area contributed by atoms with Gasteiger partial charge in [-0.25, -0.2) is 4.79 Å². The molecular formula is C18H18O2. The zero-order valence-electron chi connectivity index (χ0n) is 11.6. The van der Waals surface area contributed by atoms with Gasteiger partial charge in [-0.1, -0.05) is 36.8 Å². The number of carboxylic acids is 1.